The number of aromatic nitrogens is 1. The Morgan fingerprint density at radius 1 is 1.32 bits per heavy atom. The molecule has 116 valence electrons. The Hall–Kier alpha value is -1.63. The molecule has 1 unspecified atom stereocenters. The quantitative estimate of drug-likeness (QED) is 0.823. The lowest BCUT2D eigenvalue weighted by molar-refractivity contribution is -0.128. The van der Waals surface area contributed by atoms with Crippen LogP contribution >= 0.6 is 11.8 Å². The molecule has 2 aromatic rings. The monoisotopic (exact) mass is 318 g/mol. The smallest absolute Gasteiger partial charge is 0.233 e. The molecule has 22 heavy (non-hydrogen) atoms. The lowest BCUT2D eigenvalue weighted by Crippen LogP contribution is -2.31. The van der Waals surface area contributed by atoms with Gasteiger partial charge >= 0.3 is 0 Å². The minimum Gasteiger partial charge on any atom is -0.394 e. The topological polar surface area (TPSA) is 62.7 Å². The minimum atomic E-state index is -0.00173. The molecule has 1 aliphatic rings. The summed E-state index contributed by atoms with van der Waals surface area (Å²) < 4.78 is 5.30. The van der Waals surface area contributed by atoms with Gasteiger partial charge in [-0.05, 0) is 17.7 Å². The molecule has 0 bridgehead atoms. The Morgan fingerprint density at radius 2 is 2.18 bits per heavy atom. The first-order valence-corrected chi connectivity index (χ1v) is 8.29. The molecule has 1 saturated heterocycles. The summed E-state index contributed by atoms with van der Waals surface area (Å²) in [4.78, 5) is 18.4. The van der Waals surface area contributed by atoms with Gasteiger partial charge in [-0.15, -0.1) is 11.8 Å². The van der Waals surface area contributed by atoms with Gasteiger partial charge in [0.2, 0.25) is 5.91 Å². The summed E-state index contributed by atoms with van der Waals surface area (Å²) in [5.74, 6) is 0.616. The van der Waals surface area contributed by atoms with Gasteiger partial charge in [0.05, 0.1) is 31.1 Å². The summed E-state index contributed by atoms with van der Waals surface area (Å²) in [6.07, 6.45) is 1.79. The number of thioether (sulfide) groups is 1. The fraction of sp³-hybridized carbons (Fsp3) is 0.375. The fourth-order valence-electron chi connectivity index (χ4n) is 2.62. The number of carbonyl (C=O) groups excluding carboxylic acids is 1. The fourth-order valence-corrected chi connectivity index (χ4v) is 3.87. The predicted molar refractivity (Wildman–Crippen MR) is 86.6 cm³/mol. The van der Waals surface area contributed by atoms with Crippen LogP contribution in [0.25, 0.3) is 10.9 Å². The number of hydrogen-bond acceptors (Lipinski definition) is 5. The van der Waals surface area contributed by atoms with Crippen molar-refractivity contribution in [1.82, 2.24) is 9.88 Å². The van der Waals surface area contributed by atoms with Crippen molar-refractivity contribution >= 4 is 28.6 Å². The first-order chi connectivity index (χ1) is 10.8. The highest BCUT2D eigenvalue weighted by molar-refractivity contribution is 8.00. The van der Waals surface area contributed by atoms with Gasteiger partial charge in [0.1, 0.15) is 5.37 Å². The second-order valence-electron chi connectivity index (χ2n) is 5.00. The van der Waals surface area contributed by atoms with Crippen molar-refractivity contribution in [3.63, 3.8) is 0 Å². The summed E-state index contributed by atoms with van der Waals surface area (Å²) in [5.41, 5.74) is 2.06. The normalized spacial score (nSPS) is 18.3. The molecule has 2 heterocycles. The van der Waals surface area contributed by atoms with Gasteiger partial charge in [0, 0.05) is 18.1 Å². The number of pyridine rings is 1. The molecule has 1 N–H and O–H groups in total. The van der Waals surface area contributed by atoms with E-state index in [2.05, 4.69) is 4.98 Å². The van der Waals surface area contributed by atoms with Gasteiger partial charge in [0.15, 0.2) is 0 Å². The number of nitrogens with zero attached hydrogens (tertiary/aromatic N) is 2. The molecule has 0 saturated carbocycles. The SMILES string of the molecule is O=C1CSC(c2ccnc3ccccc23)N1CCOCCO. The van der Waals surface area contributed by atoms with E-state index in [1.54, 1.807) is 18.0 Å². The Kier molecular flexibility index (Phi) is 4.92. The maximum absolute atomic E-state index is 12.1. The third kappa shape index (κ3) is 3.09. The summed E-state index contributed by atoms with van der Waals surface area (Å²) in [6, 6.07) is 9.97. The minimum absolute atomic E-state index is 0.00111. The molecular weight excluding hydrogens is 300 g/mol. The van der Waals surface area contributed by atoms with Crippen LogP contribution in [0.4, 0.5) is 0 Å². The van der Waals surface area contributed by atoms with Gasteiger partial charge < -0.3 is 14.7 Å². The largest absolute Gasteiger partial charge is 0.394 e. The molecule has 1 fully saturated rings. The Balaban J connectivity index is 1.83. The molecule has 0 radical (unpaired) electrons. The number of aliphatic hydroxyl groups excluding tert-OH is 1. The lowest BCUT2D eigenvalue weighted by Gasteiger charge is -2.25. The lowest BCUT2D eigenvalue weighted by atomic mass is 10.1. The third-order valence-electron chi connectivity index (χ3n) is 3.63. The number of hydrogen-bond donors (Lipinski definition) is 1. The average Bonchev–Trinajstić information content (AvgIpc) is 2.92. The van der Waals surface area contributed by atoms with Crippen molar-refractivity contribution < 1.29 is 14.6 Å². The highest BCUT2D eigenvalue weighted by Gasteiger charge is 2.33. The van der Waals surface area contributed by atoms with Crippen molar-refractivity contribution in [3.05, 3.63) is 42.1 Å². The molecule has 1 aliphatic heterocycles. The molecule has 1 atom stereocenters. The summed E-state index contributed by atoms with van der Waals surface area (Å²) in [7, 11) is 0. The van der Waals surface area contributed by atoms with Crippen LogP contribution < -0.4 is 0 Å². The molecule has 6 heteroatoms. The van der Waals surface area contributed by atoms with Crippen LogP contribution in [-0.2, 0) is 9.53 Å². The van der Waals surface area contributed by atoms with E-state index >= 15 is 0 Å². The van der Waals surface area contributed by atoms with Crippen LogP contribution in [0.3, 0.4) is 0 Å². The maximum Gasteiger partial charge on any atom is 0.233 e. The Bertz CT molecular complexity index is 659. The van der Waals surface area contributed by atoms with Crippen LogP contribution in [0.1, 0.15) is 10.9 Å². The van der Waals surface area contributed by atoms with Gasteiger partial charge in [-0.2, -0.15) is 0 Å². The maximum atomic E-state index is 12.1. The zero-order valence-corrected chi connectivity index (χ0v) is 13.0. The average molecular weight is 318 g/mol. The van der Waals surface area contributed by atoms with Crippen LogP contribution in [0.15, 0.2) is 36.5 Å². The molecule has 1 aromatic carbocycles. The van der Waals surface area contributed by atoms with Crippen LogP contribution in [0.5, 0.6) is 0 Å². The van der Waals surface area contributed by atoms with Gasteiger partial charge in [-0.3, -0.25) is 9.78 Å². The first kappa shape index (κ1) is 15.3. The molecule has 0 spiro atoms. The second kappa shape index (κ2) is 7.09. The number of aliphatic hydroxyl groups is 1. The van der Waals surface area contributed by atoms with Gasteiger partial charge in [0.25, 0.3) is 0 Å². The summed E-state index contributed by atoms with van der Waals surface area (Å²) in [5, 5.41) is 9.82. The van der Waals surface area contributed by atoms with Crippen LogP contribution in [0, 0.1) is 0 Å². The standard InChI is InChI=1S/C16H18N2O3S/c19-8-10-21-9-7-18-15(20)11-22-16(18)13-5-6-17-14-4-2-1-3-12(13)14/h1-6,16,19H,7-11H2. The van der Waals surface area contributed by atoms with E-state index in [1.807, 2.05) is 35.2 Å². The van der Waals surface area contributed by atoms with E-state index in [9.17, 15) is 4.79 Å². The van der Waals surface area contributed by atoms with Crippen LogP contribution in [-0.4, -0.2) is 53.0 Å². The summed E-state index contributed by atoms with van der Waals surface area (Å²) in [6.45, 7) is 1.28. The molecular formula is C16H18N2O3S. The zero-order valence-electron chi connectivity index (χ0n) is 12.1. The molecule has 3 rings (SSSR count). The Labute approximate surface area is 133 Å². The molecule has 1 aromatic heterocycles. The van der Waals surface area contributed by atoms with Crippen LogP contribution in [0.2, 0.25) is 0 Å². The third-order valence-corrected chi connectivity index (χ3v) is 4.87. The zero-order chi connectivity index (χ0) is 15.4. The van der Waals surface area contributed by atoms with Gasteiger partial charge in [-0.25, -0.2) is 0 Å². The van der Waals surface area contributed by atoms with E-state index in [0.717, 1.165) is 16.5 Å². The van der Waals surface area contributed by atoms with E-state index in [1.165, 1.54) is 0 Å². The molecule has 0 aliphatic carbocycles. The van der Waals surface area contributed by atoms with Crippen molar-refractivity contribution in [2.75, 3.05) is 32.1 Å². The van der Waals surface area contributed by atoms with Crippen molar-refractivity contribution in [2.45, 2.75) is 5.37 Å². The number of amides is 1. The number of fused-ring (bicyclic) bond motifs is 1. The van der Waals surface area contributed by atoms with E-state index in [4.69, 9.17) is 9.84 Å². The second-order valence-corrected chi connectivity index (χ2v) is 6.07. The summed E-state index contributed by atoms with van der Waals surface area (Å²) >= 11 is 1.63. The number of carbonyl (C=O) groups is 1. The Morgan fingerprint density at radius 3 is 3.05 bits per heavy atom. The highest BCUT2D eigenvalue weighted by atomic mass is 32.2. The first-order valence-electron chi connectivity index (χ1n) is 7.24. The van der Waals surface area contributed by atoms with Crippen molar-refractivity contribution in [2.24, 2.45) is 0 Å². The van der Waals surface area contributed by atoms with Gasteiger partial charge in [-0.1, -0.05) is 18.2 Å². The highest BCUT2D eigenvalue weighted by Crippen LogP contribution is 2.40. The number of ether oxygens (including phenoxy) is 1. The molecule has 5 nitrogen and oxygen atoms in total. The van der Waals surface area contributed by atoms with Crippen molar-refractivity contribution in [1.29, 1.82) is 0 Å². The van der Waals surface area contributed by atoms with E-state index in [0.29, 0.717) is 25.5 Å². The predicted octanol–water partition coefficient (Wildman–Crippen LogP) is 1.82. The molecule has 1 amide bonds. The number of rotatable bonds is 6. The number of benzene rings is 1. The van der Waals surface area contributed by atoms with E-state index < -0.39 is 0 Å². The van der Waals surface area contributed by atoms with Crippen molar-refractivity contribution in [3.8, 4) is 0 Å². The number of para-hydroxylation sites is 1. The van der Waals surface area contributed by atoms with E-state index in [-0.39, 0.29) is 17.9 Å².